The van der Waals surface area contributed by atoms with Crippen molar-refractivity contribution in [3.63, 3.8) is 0 Å². The van der Waals surface area contributed by atoms with Gasteiger partial charge < -0.3 is 11.1 Å². The molecule has 0 aliphatic carbocycles. The normalized spacial score (nSPS) is 10.9. The summed E-state index contributed by atoms with van der Waals surface area (Å²) in [5.41, 5.74) is 8.31. The molecule has 4 N–H and O–H groups in total. The number of rotatable bonds is 4. The van der Waals surface area contributed by atoms with E-state index in [1.165, 1.54) is 0 Å². The Labute approximate surface area is 115 Å². The fourth-order valence-electron chi connectivity index (χ4n) is 1.99. The van der Waals surface area contributed by atoms with Crippen molar-refractivity contribution in [3.8, 4) is 11.4 Å². The highest BCUT2D eigenvalue weighted by atomic mass is 15.2. The van der Waals surface area contributed by atoms with Gasteiger partial charge in [-0.05, 0) is 25.1 Å². The summed E-state index contributed by atoms with van der Waals surface area (Å²) in [7, 11) is 0. The van der Waals surface area contributed by atoms with E-state index in [0.29, 0.717) is 24.7 Å². The van der Waals surface area contributed by atoms with Crippen molar-refractivity contribution < 1.29 is 0 Å². The summed E-state index contributed by atoms with van der Waals surface area (Å²) in [6, 6.07) is 5.89. The number of nitrogens with one attached hydrogen (secondary N) is 2. The molecule has 0 aliphatic rings. The highest BCUT2D eigenvalue weighted by molar-refractivity contribution is 5.85. The van der Waals surface area contributed by atoms with Crippen molar-refractivity contribution in [1.29, 1.82) is 0 Å². The summed E-state index contributed by atoms with van der Waals surface area (Å²) in [5.74, 6) is 1.25. The highest BCUT2D eigenvalue weighted by Gasteiger charge is 2.07. The Morgan fingerprint density at radius 2 is 2.25 bits per heavy atom. The maximum Gasteiger partial charge on any atom is 0.183 e. The lowest BCUT2D eigenvalue weighted by Crippen LogP contribution is -2.14. The van der Waals surface area contributed by atoms with E-state index in [-0.39, 0.29) is 0 Å². The molecular formula is C13H15N7. The minimum atomic E-state index is 0.541. The molecule has 0 atom stereocenters. The van der Waals surface area contributed by atoms with Crippen molar-refractivity contribution in [2.45, 2.75) is 6.92 Å². The third-order valence-electron chi connectivity index (χ3n) is 3.01. The molecule has 7 heteroatoms. The molecule has 3 rings (SSSR count). The number of aryl methyl sites for hydroxylation is 1. The number of nitrogens with two attached hydrogens (primary N) is 1. The molecule has 20 heavy (non-hydrogen) atoms. The van der Waals surface area contributed by atoms with Crippen LogP contribution in [0, 0.1) is 6.92 Å². The lowest BCUT2D eigenvalue weighted by molar-refractivity contribution is 0.954. The maximum atomic E-state index is 5.46. The Hall–Kier alpha value is -2.54. The zero-order chi connectivity index (χ0) is 13.9. The fraction of sp³-hybridized carbons (Fsp3) is 0.231. The molecule has 0 unspecified atom stereocenters. The second kappa shape index (κ2) is 5.22. The van der Waals surface area contributed by atoms with Gasteiger partial charge in [-0.3, -0.25) is 5.10 Å². The molecule has 0 saturated heterocycles. The largest absolute Gasteiger partial charge is 0.367 e. The Balaban J connectivity index is 1.99. The Morgan fingerprint density at radius 3 is 3.10 bits per heavy atom. The first-order valence-electron chi connectivity index (χ1n) is 6.36. The molecule has 2 heterocycles. The SMILES string of the molecule is Cc1[nH]nc2ccc(-c3nncc(NCCN)n3)cc12. The van der Waals surface area contributed by atoms with Gasteiger partial charge in [-0.1, -0.05) is 0 Å². The quantitative estimate of drug-likeness (QED) is 0.655. The van der Waals surface area contributed by atoms with Gasteiger partial charge in [0, 0.05) is 29.7 Å². The van der Waals surface area contributed by atoms with Crippen molar-refractivity contribution in [2.24, 2.45) is 5.73 Å². The van der Waals surface area contributed by atoms with E-state index in [2.05, 4.69) is 30.7 Å². The van der Waals surface area contributed by atoms with Crippen molar-refractivity contribution in [1.82, 2.24) is 25.4 Å². The zero-order valence-electron chi connectivity index (χ0n) is 11.1. The van der Waals surface area contributed by atoms with Crippen LogP contribution in [-0.4, -0.2) is 38.5 Å². The van der Waals surface area contributed by atoms with Gasteiger partial charge in [0.15, 0.2) is 5.82 Å². The Bertz CT molecular complexity index is 734. The van der Waals surface area contributed by atoms with E-state index in [1.807, 2.05) is 25.1 Å². The van der Waals surface area contributed by atoms with Gasteiger partial charge in [0.2, 0.25) is 0 Å². The van der Waals surface area contributed by atoms with E-state index in [9.17, 15) is 0 Å². The van der Waals surface area contributed by atoms with Gasteiger partial charge in [0.1, 0.15) is 5.82 Å². The first kappa shape index (κ1) is 12.5. The molecule has 7 nitrogen and oxygen atoms in total. The van der Waals surface area contributed by atoms with Crippen LogP contribution >= 0.6 is 0 Å². The molecule has 0 spiro atoms. The average molecular weight is 269 g/mol. The minimum absolute atomic E-state index is 0.541. The van der Waals surface area contributed by atoms with Crippen LogP contribution in [0.3, 0.4) is 0 Å². The number of hydrogen-bond donors (Lipinski definition) is 3. The molecule has 102 valence electrons. The van der Waals surface area contributed by atoms with E-state index >= 15 is 0 Å². The smallest absolute Gasteiger partial charge is 0.183 e. The lowest BCUT2D eigenvalue weighted by Gasteiger charge is -2.04. The monoisotopic (exact) mass is 269 g/mol. The van der Waals surface area contributed by atoms with Crippen LogP contribution in [0.2, 0.25) is 0 Å². The number of hydrogen-bond acceptors (Lipinski definition) is 6. The zero-order valence-corrected chi connectivity index (χ0v) is 11.1. The first-order chi connectivity index (χ1) is 9.78. The molecule has 0 radical (unpaired) electrons. The number of aromatic amines is 1. The number of benzene rings is 1. The van der Waals surface area contributed by atoms with Crippen molar-refractivity contribution in [3.05, 3.63) is 30.1 Å². The fourth-order valence-corrected chi connectivity index (χ4v) is 1.99. The van der Waals surface area contributed by atoms with E-state index in [1.54, 1.807) is 6.20 Å². The van der Waals surface area contributed by atoms with E-state index in [4.69, 9.17) is 5.73 Å². The predicted octanol–water partition coefficient (Wildman–Crippen LogP) is 1.09. The van der Waals surface area contributed by atoms with Crippen molar-refractivity contribution in [2.75, 3.05) is 18.4 Å². The molecule has 0 amide bonds. The minimum Gasteiger partial charge on any atom is -0.367 e. The lowest BCUT2D eigenvalue weighted by atomic mass is 10.1. The summed E-state index contributed by atoms with van der Waals surface area (Å²) in [6.45, 7) is 3.18. The molecule has 0 aliphatic heterocycles. The number of fused-ring (bicyclic) bond motifs is 1. The van der Waals surface area contributed by atoms with Crippen LogP contribution in [0.4, 0.5) is 5.82 Å². The van der Waals surface area contributed by atoms with Gasteiger partial charge in [-0.15, -0.1) is 5.10 Å². The molecule has 0 bridgehead atoms. The molecule has 2 aromatic heterocycles. The second-order valence-electron chi connectivity index (χ2n) is 4.46. The Morgan fingerprint density at radius 1 is 1.35 bits per heavy atom. The van der Waals surface area contributed by atoms with Crippen LogP contribution in [0.5, 0.6) is 0 Å². The van der Waals surface area contributed by atoms with Gasteiger partial charge in [-0.2, -0.15) is 10.2 Å². The molecule has 3 aromatic rings. The summed E-state index contributed by atoms with van der Waals surface area (Å²) in [5, 5.41) is 19.4. The summed E-state index contributed by atoms with van der Waals surface area (Å²) >= 11 is 0. The van der Waals surface area contributed by atoms with Crippen LogP contribution in [0.15, 0.2) is 24.4 Å². The summed E-state index contributed by atoms with van der Waals surface area (Å²) < 4.78 is 0. The van der Waals surface area contributed by atoms with Gasteiger partial charge in [-0.25, -0.2) is 4.98 Å². The van der Waals surface area contributed by atoms with Gasteiger partial charge >= 0.3 is 0 Å². The third-order valence-corrected chi connectivity index (χ3v) is 3.01. The van der Waals surface area contributed by atoms with E-state index < -0.39 is 0 Å². The van der Waals surface area contributed by atoms with Crippen LogP contribution in [0.1, 0.15) is 5.69 Å². The molecular weight excluding hydrogens is 254 g/mol. The number of anilines is 1. The predicted molar refractivity (Wildman–Crippen MR) is 77.2 cm³/mol. The molecule has 0 fully saturated rings. The standard InChI is InChI=1S/C13H15N7/c1-8-10-6-9(2-3-11(10)19-18-8)13-17-12(7-16-20-13)15-5-4-14/h2-3,6-7H,4-5,14H2,1H3,(H,18,19)(H,15,17,20). The topological polar surface area (TPSA) is 105 Å². The van der Waals surface area contributed by atoms with Crippen molar-refractivity contribution >= 4 is 16.7 Å². The highest BCUT2D eigenvalue weighted by Crippen LogP contribution is 2.22. The second-order valence-corrected chi connectivity index (χ2v) is 4.46. The van der Waals surface area contributed by atoms with Crippen LogP contribution in [0.25, 0.3) is 22.3 Å². The Kier molecular flexibility index (Phi) is 3.26. The third kappa shape index (κ3) is 2.30. The average Bonchev–Trinajstić information content (AvgIpc) is 2.86. The van der Waals surface area contributed by atoms with Gasteiger partial charge in [0.25, 0.3) is 0 Å². The number of H-pyrrole nitrogens is 1. The van der Waals surface area contributed by atoms with E-state index in [0.717, 1.165) is 22.2 Å². The van der Waals surface area contributed by atoms with Crippen LogP contribution < -0.4 is 11.1 Å². The number of nitrogens with zero attached hydrogens (tertiary/aromatic N) is 4. The van der Waals surface area contributed by atoms with Gasteiger partial charge in [0.05, 0.1) is 11.7 Å². The van der Waals surface area contributed by atoms with Crippen LogP contribution in [-0.2, 0) is 0 Å². The summed E-state index contributed by atoms with van der Waals surface area (Å²) in [4.78, 5) is 4.43. The maximum absolute atomic E-state index is 5.46. The number of aromatic nitrogens is 5. The summed E-state index contributed by atoms with van der Waals surface area (Å²) in [6.07, 6.45) is 1.58. The first-order valence-corrected chi connectivity index (χ1v) is 6.36. The molecule has 0 saturated carbocycles. The molecule has 1 aromatic carbocycles.